The maximum atomic E-state index is 2.41. The van der Waals surface area contributed by atoms with Crippen molar-refractivity contribution in [3.8, 4) is 0 Å². The highest BCUT2D eigenvalue weighted by atomic mass is 15.1. The number of aryl methyl sites for hydroxylation is 2. The number of rotatable bonds is 11. The molecule has 0 atom stereocenters. The van der Waals surface area contributed by atoms with Crippen molar-refractivity contribution in [2.45, 2.75) is 91.6 Å². The quantitative estimate of drug-likeness (QED) is 0.407. The van der Waals surface area contributed by atoms with Gasteiger partial charge in [0.2, 0.25) is 0 Å². The van der Waals surface area contributed by atoms with Crippen molar-refractivity contribution in [2.24, 2.45) is 0 Å². The van der Waals surface area contributed by atoms with Crippen molar-refractivity contribution in [1.82, 2.24) is 4.57 Å². The molecule has 0 amide bonds. The molecule has 0 unspecified atom stereocenters. The summed E-state index contributed by atoms with van der Waals surface area (Å²) in [5, 5.41) is 0. The van der Waals surface area contributed by atoms with E-state index in [1.165, 1.54) is 70.2 Å². The first kappa shape index (κ1) is 16.3. The van der Waals surface area contributed by atoms with Crippen LogP contribution in [-0.4, -0.2) is 4.57 Å². The van der Waals surface area contributed by atoms with Gasteiger partial charge in [0.25, 0.3) is 5.82 Å². The molecule has 0 aliphatic carbocycles. The summed E-state index contributed by atoms with van der Waals surface area (Å²) in [6, 6.07) is 0. The molecule has 0 aromatic carbocycles. The van der Waals surface area contributed by atoms with Crippen LogP contribution in [0, 0.1) is 6.92 Å². The number of unbranched alkanes of at least 4 members (excludes halogenated alkanes) is 7. The Labute approximate surface area is 119 Å². The van der Waals surface area contributed by atoms with E-state index in [0.29, 0.717) is 0 Å². The average molecular weight is 265 g/mol. The van der Waals surface area contributed by atoms with Crippen molar-refractivity contribution >= 4 is 0 Å². The van der Waals surface area contributed by atoms with Crippen LogP contribution in [0.3, 0.4) is 0 Å². The molecule has 2 nitrogen and oxygen atoms in total. The van der Waals surface area contributed by atoms with Crippen molar-refractivity contribution in [1.29, 1.82) is 0 Å². The van der Waals surface area contributed by atoms with E-state index < -0.39 is 0 Å². The molecule has 0 aliphatic heterocycles. The fourth-order valence-electron chi connectivity index (χ4n) is 2.67. The van der Waals surface area contributed by atoms with Gasteiger partial charge in [-0.05, 0) is 19.3 Å². The number of nitrogens with zero attached hydrogens (tertiary/aromatic N) is 2. The van der Waals surface area contributed by atoms with Crippen LogP contribution in [0.15, 0.2) is 12.4 Å². The summed E-state index contributed by atoms with van der Waals surface area (Å²) in [4.78, 5) is 0. The van der Waals surface area contributed by atoms with E-state index in [4.69, 9.17) is 0 Å². The van der Waals surface area contributed by atoms with Crippen LogP contribution in [0.5, 0.6) is 0 Å². The van der Waals surface area contributed by atoms with Crippen LogP contribution in [0.2, 0.25) is 0 Å². The van der Waals surface area contributed by atoms with Gasteiger partial charge < -0.3 is 0 Å². The van der Waals surface area contributed by atoms with Gasteiger partial charge in [0, 0.05) is 6.92 Å². The average Bonchev–Trinajstić information content (AvgIpc) is 2.75. The molecule has 0 aliphatic rings. The number of aromatic nitrogens is 2. The minimum atomic E-state index is 1.15. The summed E-state index contributed by atoms with van der Waals surface area (Å²) in [6.07, 6.45) is 16.9. The molecular weight excluding hydrogens is 232 g/mol. The van der Waals surface area contributed by atoms with Crippen LogP contribution >= 0.6 is 0 Å². The molecule has 0 N–H and O–H groups in total. The lowest BCUT2D eigenvalue weighted by atomic mass is 10.1. The Bertz CT molecular complexity index is 328. The van der Waals surface area contributed by atoms with Gasteiger partial charge in [-0.15, -0.1) is 0 Å². The summed E-state index contributed by atoms with van der Waals surface area (Å²) in [7, 11) is 0. The maximum Gasteiger partial charge on any atom is 0.253 e. The monoisotopic (exact) mass is 265 g/mol. The number of hydrogen-bond acceptors (Lipinski definition) is 0. The first-order valence-electron chi connectivity index (χ1n) is 8.34. The fraction of sp³-hybridized carbons (Fsp3) is 0.824. The Balaban J connectivity index is 2.09. The Kier molecular flexibility index (Phi) is 8.61. The molecule has 0 saturated carbocycles. The first-order chi connectivity index (χ1) is 9.29. The van der Waals surface area contributed by atoms with Gasteiger partial charge in [-0.2, -0.15) is 0 Å². The van der Waals surface area contributed by atoms with Crippen LogP contribution in [0.1, 0.15) is 77.5 Å². The number of hydrogen-bond donors (Lipinski definition) is 0. The van der Waals surface area contributed by atoms with Gasteiger partial charge in [0.1, 0.15) is 12.4 Å². The summed E-state index contributed by atoms with van der Waals surface area (Å²) >= 11 is 0. The Hall–Kier alpha value is -0.790. The van der Waals surface area contributed by atoms with Crippen molar-refractivity contribution in [2.75, 3.05) is 0 Å². The Morgan fingerprint density at radius 3 is 2.16 bits per heavy atom. The first-order valence-corrected chi connectivity index (χ1v) is 8.34. The third kappa shape index (κ3) is 6.26. The van der Waals surface area contributed by atoms with E-state index in [-0.39, 0.29) is 0 Å². The van der Waals surface area contributed by atoms with Crippen molar-refractivity contribution in [3.05, 3.63) is 18.2 Å². The molecule has 110 valence electrons. The largest absolute Gasteiger partial charge is 0.253 e. The molecule has 1 rings (SSSR count). The summed E-state index contributed by atoms with van der Waals surface area (Å²) < 4.78 is 4.78. The minimum absolute atomic E-state index is 1.15. The van der Waals surface area contributed by atoms with Crippen LogP contribution in [0.25, 0.3) is 0 Å². The van der Waals surface area contributed by atoms with Gasteiger partial charge in [-0.25, -0.2) is 9.13 Å². The van der Waals surface area contributed by atoms with Gasteiger partial charge in [0.05, 0.1) is 13.1 Å². The molecule has 2 heteroatoms. The normalized spacial score (nSPS) is 11.1. The summed E-state index contributed by atoms with van der Waals surface area (Å²) in [5.74, 6) is 1.41. The van der Waals surface area contributed by atoms with E-state index in [1.807, 2.05) is 0 Å². The van der Waals surface area contributed by atoms with E-state index in [0.717, 1.165) is 6.54 Å². The Morgan fingerprint density at radius 2 is 1.53 bits per heavy atom. The predicted molar refractivity (Wildman–Crippen MR) is 82.3 cm³/mol. The predicted octanol–water partition coefficient (Wildman–Crippen LogP) is 4.63. The van der Waals surface area contributed by atoms with Gasteiger partial charge in [-0.1, -0.05) is 52.4 Å². The van der Waals surface area contributed by atoms with E-state index in [1.54, 1.807) is 0 Å². The zero-order valence-corrected chi connectivity index (χ0v) is 13.3. The van der Waals surface area contributed by atoms with Gasteiger partial charge in [-0.3, -0.25) is 0 Å². The lowest BCUT2D eigenvalue weighted by Crippen LogP contribution is -2.35. The van der Waals surface area contributed by atoms with Crippen LogP contribution in [-0.2, 0) is 13.1 Å². The van der Waals surface area contributed by atoms with E-state index >= 15 is 0 Å². The minimum Gasteiger partial charge on any atom is -0.235 e. The second kappa shape index (κ2) is 10.1. The fourth-order valence-corrected chi connectivity index (χ4v) is 2.67. The SMILES string of the molecule is CCCCCCCCCCn1cc[n+](CCC)c1C. The Morgan fingerprint density at radius 1 is 0.895 bits per heavy atom. The molecule has 19 heavy (non-hydrogen) atoms. The van der Waals surface area contributed by atoms with Crippen molar-refractivity contribution < 1.29 is 4.57 Å². The zero-order chi connectivity index (χ0) is 13.9. The third-order valence-electron chi connectivity index (χ3n) is 3.97. The molecule has 1 aromatic rings. The molecule has 0 radical (unpaired) electrons. The van der Waals surface area contributed by atoms with Gasteiger partial charge in [0.15, 0.2) is 0 Å². The topological polar surface area (TPSA) is 8.81 Å². The number of imidazole rings is 1. The molecule has 0 bridgehead atoms. The van der Waals surface area contributed by atoms with Crippen LogP contribution in [0.4, 0.5) is 0 Å². The molecule has 0 spiro atoms. The lowest BCUT2D eigenvalue weighted by molar-refractivity contribution is -0.702. The van der Waals surface area contributed by atoms with E-state index in [9.17, 15) is 0 Å². The second-order valence-electron chi connectivity index (χ2n) is 5.71. The molecule has 1 heterocycles. The second-order valence-corrected chi connectivity index (χ2v) is 5.71. The maximum absolute atomic E-state index is 2.41. The highest BCUT2D eigenvalue weighted by molar-refractivity contribution is 4.79. The standard InChI is InChI=1S/C17H33N2/c1-4-6-7-8-9-10-11-12-14-19-16-15-18(13-5-2)17(19)3/h15-16H,4-14H2,1-3H3/q+1. The molecule has 0 fully saturated rings. The smallest absolute Gasteiger partial charge is 0.235 e. The molecular formula is C17H33N2+. The highest BCUT2D eigenvalue weighted by Gasteiger charge is 2.10. The van der Waals surface area contributed by atoms with Gasteiger partial charge >= 0.3 is 0 Å². The summed E-state index contributed by atoms with van der Waals surface area (Å²) in [6.45, 7) is 9.10. The highest BCUT2D eigenvalue weighted by Crippen LogP contribution is 2.09. The van der Waals surface area contributed by atoms with Crippen LogP contribution < -0.4 is 4.57 Å². The third-order valence-corrected chi connectivity index (χ3v) is 3.97. The summed E-state index contributed by atoms with van der Waals surface area (Å²) in [5.41, 5.74) is 0. The zero-order valence-electron chi connectivity index (χ0n) is 13.3. The lowest BCUT2D eigenvalue weighted by Gasteiger charge is -2.02. The molecule has 1 aromatic heterocycles. The van der Waals surface area contributed by atoms with Crippen molar-refractivity contribution in [3.63, 3.8) is 0 Å². The van der Waals surface area contributed by atoms with E-state index in [2.05, 4.69) is 42.3 Å². The molecule has 0 saturated heterocycles.